The monoisotopic (exact) mass is 325 g/mol. The Morgan fingerprint density at radius 3 is 2.58 bits per heavy atom. The fourth-order valence-electron chi connectivity index (χ4n) is 2.65. The summed E-state index contributed by atoms with van der Waals surface area (Å²) in [4.78, 5) is 12.3. The molecule has 0 saturated heterocycles. The summed E-state index contributed by atoms with van der Waals surface area (Å²) in [5.74, 6) is -0.219. The van der Waals surface area contributed by atoms with Gasteiger partial charge in [0.2, 0.25) is 0 Å². The van der Waals surface area contributed by atoms with Crippen molar-refractivity contribution in [1.82, 2.24) is 4.57 Å². The first-order valence-corrected chi connectivity index (χ1v) is 7.86. The standard InChI is InChI=1S/C20H20FNO2/c1-13-6-5-7-16(18(13)21)14-8-9-17-15(12-14)10-11-22(17)19(23)24-20(2,3)4/h5-12H,1-4H3. The molecule has 3 rings (SSSR count). The molecule has 4 heteroatoms. The molecule has 0 aliphatic carbocycles. The summed E-state index contributed by atoms with van der Waals surface area (Å²) in [5, 5.41) is 0.860. The van der Waals surface area contributed by atoms with E-state index in [0.717, 1.165) is 16.5 Å². The number of halogens is 1. The average molecular weight is 325 g/mol. The summed E-state index contributed by atoms with van der Waals surface area (Å²) in [7, 11) is 0. The highest BCUT2D eigenvalue weighted by Crippen LogP contribution is 2.28. The maximum Gasteiger partial charge on any atom is 0.418 e. The molecule has 3 aromatic rings. The smallest absolute Gasteiger partial charge is 0.418 e. The average Bonchev–Trinajstić information content (AvgIpc) is 2.91. The zero-order valence-corrected chi connectivity index (χ0v) is 14.3. The van der Waals surface area contributed by atoms with E-state index in [1.54, 1.807) is 25.3 Å². The normalized spacial score (nSPS) is 11.7. The molecular weight excluding hydrogens is 305 g/mol. The van der Waals surface area contributed by atoms with Gasteiger partial charge in [-0.3, -0.25) is 4.57 Å². The van der Waals surface area contributed by atoms with Crippen molar-refractivity contribution in [1.29, 1.82) is 0 Å². The van der Waals surface area contributed by atoms with Crippen LogP contribution in [0, 0.1) is 12.7 Å². The molecule has 124 valence electrons. The van der Waals surface area contributed by atoms with Gasteiger partial charge in [0.05, 0.1) is 5.52 Å². The van der Waals surface area contributed by atoms with E-state index < -0.39 is 11.7 Å². The zero-order valence-electron chi connectivity index (χ0n) is 14.3. The molecule has 0 bridgehead atoms. The third-order valence-electron chi connectivity index (χ3n) is 3.78. The van der Waals surface area contributed by atoms with E-state index in [1.807, 2.05) is 51.1 Å². The van der Waals surface area contributed by atoms with Crippen molar-refractivity contribution >= 4 is 17.0 Å². The maximum atomic E-state index is 14.3. The molecule has 1 aromatic heterocycles. The molecule has 1 heterocycles. The highest BCUT2D eigenvalue weighted by atomic mass is 19.1. The lowest BCUT2D eigenvalue weighted by atomic mass is 10.0. The fraction of sp³-hybridized carbons (Fsp3) is 0.250. The molecule has 0 fully saturated rings. The number of carbonyl (C=O) groups is 1. The number of carbonyl (C=O) groups excluding carboxylic acids is 1. The van der Waals surface area contributed by atoms with E-state index in [9.17, 15) is 9.18 Å². The second kappa shape index (κ2) is 5.78. The first kappa shape index (κ1) is 16.2. The summed E-state index contributed by atoms with van der Waals surface area (Å²) in [6.07, 6.45) is 1.25. The molecule has 0 amide bonds. The fourth-order valence-corrected chi connectivity index (χ4v) is 2.65. The van der Waals surface area contributed by atoms with Crippen LogP contribution in [0.3, 0.4) is 0 Å². The van der Waals surface area contributed by atoms with E-state index in [0.29, 0.717) is 11.1 Å². The lowest BCUT2D eigenvalue weighted by Crippen LogP contribution is -2.26. The van der Waals surface area contributed by atoms with Gasteiger partial charge in [0.25, 0.3) is 0 Å². The van der Waals surface area contributed by atoms with Gasteiger partial charge >= 0.3 is 6.09 Å². The molecule has 0 N–H and O–H groups in total. The molecule has 0 unspecified atom stereocenters. The van der Waals surface area contributed by atoms with Gasteiger partial charge in [-0.1, -0.05) is 24.3 Å². The maximum absolute atomic E-state index is 14.3. The van der Waals surface area contributed by atoms with Crippen LogP contribution in [0.15, 0.2) is 48.7 Å². The molecule has 24 heavy (non-hydrogen) atoms. The van der Waals surface area contributed by atoms with Crippen LogP contribution in [0.25, 0.3) is 22.0 Å². The third kappa shape index (κ3) is 3.04. The van der Waals surface area contributed by atoms with Gasteiger partial charge < -0.3 is 4.74 Å². The van der Waals surface area contributed by atoms with Crippen LogP contribution in [0.1, 0.15) is 26.3 Å². The van der Waals surface area contributed by atoms with Crippen LogP contribution in [-0.4, -0.2) is 16.3 Å². The minimum Gasteiger partial charge on any atom is -0.443 e. The van der Waals surface area contributed by atoms with Crippen LogP contribution in [-0.2, 0) is 4.74 Å². The van der Waals surface area contributed by atoms with Crippen molar-refractivity contribution in [3.05, 3.63) is 60.0 Å². The molecule has 0 saturated carbocycles. The first-order valence-electron chi connectivity index (χ1n) is 7.86. The number of benzene rings is 2. The first-order chi connectivity index (χ1) is 11.3. The second-order valence-corrected chi connectivity index (χ2v) is 6.88. The Bertz CT molecular complexity index is 919. The predicted octanol–water partition coefficient (Wildman–Crippen LogP) is 5.54. The lowest BCUT2D eigenvalue weighted by molar-refractivity contribution is 0.0544. The van der Waals surface area contributed by atoms with Crippen molar-refractivity contribution in [2.75, 3.05) is 0 Å². The topological polar surface area (TPSA) is 31.2 Å². The number of aryl methyl sites for hydroxylation is 1. The van der Waals surface area contributed by atoms with E-state index in [1.165, 1.54) is 4.57 Å². The molecule has 0 spiro atoms. The summed E-state index contributed by atoms with van der Waals surface area (Å²) >= 11 is 0. The lowest BCUT2D eigenvalue weighted by Gasteiger charge is -2.19. The number of aromatic nitrogens is 1. The summed E-state index contributed by atoms with van der Waals surface area (Å²) in [5.41, 5.74) is 2.13. The van der Waals surface area contributed by atoms with Gasteiger partial charge in [-0.2, -0.15) is 0 Å². The Kier molecular flexibility index (Phi) is 3.91. The van der Waals surface area contributed by atoms with E-state index >= 15 is 0 Å². The van der Waals surface area contributed by atoms with Crippen LogP contribution in [0.4, 0.5) is 9.18 Å². The van der Waals surface area contributed by atoms with Gasteiger partial charge in [0.15, 0.2) is 0 Å². The minimum atomic E-state index is -0.557. The van der Waals surface area contributed by atoms with Gasteiger partial charge in [0, 0.05) is 17.1 Å². The van der Waals surface area contributed by atoms with Crippen molar-refractivity contribution in [2.24, 2.45) is 0 Å². The van der Waals surface area contributed by atoms with Crippen molar-refractivity contribution in [2.45, 2.75) is 33.3 Å². The van der Waals surface area contributed by atoms with Gasteiger partial charge in [-0.25, -0.2) is 9.18 Å². The van der Waals surface area contributed by atoms with Crippen molar-refractivity contribution < 1.29 is 13.9 Å². The molecular formula is C20H20FNO2. The SMILES string of the molecule is Cc1cccc(-c2ccc3c(ccn3C(=O)OC(C)(C)C)c2)c1F. The summed E-state index contributed by atoms with van der Waals surface area (Å²) in [6.45, 7) is 7.23. The Balaban J connectivity index is 2.03. The number of hydrogen-bond acceptors (Lipinski definition) is 2. The Labute approximate surface area is 140 Å². The zero-order chi connectivity index (χ0) is 17.5. The number of ether oxygens (including phenoxy) is 1. The number of nitrogens with zero attached hydrogens (tertiary/aromatic N) is 1. The summed E-state index contributed by atoms with van der Waals surface area (Å²) < 4.78 is 21.2. The predicted molar refractivity (Wildman–Crippen MR) is 93.7 cm³/mol. The Hall–Kier alpha value is -2.62. The number of rotatable bonds is 1. The molecule has 0 atom stereocenters. The van der Waals surface area contributed by atoms with Crippen LogP contribution in [0.2, 0.25) is 0 Å². The van der Waals surface area contributed by atoms with Gasteiger partial charge in [-0.05, 0) is 57.0 Å². The number of fused-ring (bicyclic) bond motifs is 1. The minimum absolute atomic E-state index is 0.219. The Morgan fingerprint density at radius 2 is 1.88 bits per heavy atom. The van der Waals surface area contributed by atoms with Crippen LogP contribution >= 0.6 is 0 Å². The van der Waals surface area contributed by atoms with Crippen molar-refractivity contribution in [3.8, 4) is 11.1 Å². The van der Waals surface area contributed by atoms with Crippen LogP contribution < -0.4 is 0 Å². The molecule has 2 aromatic carbocycles. The van der Waals surface area contributed by atoms with Gasteiger partial charge in [-0.15, -0.1) is 0 Å². The van der Waals surface area contributed by atoms with Gasteiger partial charge in [0.1, 0.15) is 11.4 Å². The molecule has 0 aliphatic rings. The Morgan fingerprint density at radius 1 is 1.12 bits per heavy atom. The van der Waals surface area contributed by atoms with E-state index in [4.69, 9.17) is 4.74 Å². The largest absolute Gasteiger partial charge is 0.443 e. The third-order valence-corrected chi connectivity index (χ3v) is 3.78. The van der Waals surface area contributed by atoms with E-state index in [2.05, 4.69) is 0 Å². The summed E-state index contributed by atoms with van der Waals surface area (Å²) in [6, 6.07) is 12.7. The number of hydrogen-bond donors (Lipinski definition) is 0. The quantitative estimate of drug-likeness (QED) is 0.588. The molecule has 0 radical (unpaired) electrons. The second-order valence-electron chi connectivity index (χ2n) is 6.88. The van der Waals surface area contributed by atoms with Crippen molar-refractivity contribution in [3.63, 3.8) is 0 Å². The molecule has 0 aliphatic heterocycles. The molecule has 3 nitrogen and oxygen atoms in total. The van der Waals surface area contributed by atoms with E-state index in [-0.39, 0.29) is 5.82 Å². The highest BCUT2D eigenvalue weighted by molar-refractivity contribution is 5.92. The highest BCUT2D eigenvalue weighted by Gasteiger charge is 2.19. The van der Waals surface area contributed by atoms with Crippen LogP contribution in [0.5, 0.6) is 0 Å².